The average Bonchev–Trinajstić information content (AvgIpc) is 2.80. The van der Waals surface area contributed by atoms with E-state index in [2.05, 4.69) is 5.32 Å². The molecule has 1 aromatic carbocycles. The van der Waals surface area contributed by atoms with Gasteiger partial charge in [-0.15, -0.1) is 0 Å². The van der Waals surface area contributed by atoms with Crippen LogP contribution in [0.1, 0.15) is 23.2 Å². The van der Waals surface area contributed by atoms with E-state index >= 15 is 0 Å². The van der Waals surface area contributed by atoms with Crippen LogP contribution in [0.5, 0.6) is 11.5 Å². The van der Waals surface area contributed by atoms with Gasteiger partial charge in [-0.25, -0.2) is 0 Å². The van der Waals surface area contributed by atoms with Gasteiger partial charge in [0.25, 0.3) is 5.91 Å². The van der Waals surface area contributed by atoms with Crippen molar-refractivity contribution < 1.29 is 15.0 Å². The zero-order valence-electron chi connectivity index (χ0n) is 10.7. The molecule has 0 aromatic heterocycles. The number of aromatic hydroxyl groups is 2. The summed E-state index contributed by atoms with van der Waals surface area (Å²) >= 11 is 0. The van der Waals surface area contributed by atoms with Crippen LogP contribution in [0, 0.1) is 5.92 Å². The van der Waals surface area contributed by atoms with E-state index < -0.39 is 0 Å². The Labute approximate surface area is 111 Å². The molecular formula is C14H18N2O3. The first kappa shape index (κ1) is 12.3. The monoisotopic (exact) mass is 262 g/mol. The number of benzene rings is 1. The smallest absolute Gasteiger partial charge is 0.254 e. The van der Waals surface area contributed by atoms with Crippen molar-refractivity contribution in [3.63, 3.8) is 0 Å². The molecule has 1 amide bonds. The zero-order chi connectivity index (χ0) is 13.4. The largest absolute Gasteiger partial charge is 0.508 e. The van der Waals surface area contributed by atoms with E-state index in [0.29, 0.717) is 24.1 Å². The number of nitrogens with zero attached hydrogens (tertiary/aromatic N) is 1. The van der Waals surface area contributed by atoms with E-state index in [9.17, 15) is 15.0 Å². The van der Waals surface area contributed by atoms with Gasteiger partial charge in [-0.05, 0) is 37.4 Å². The highest BCUT2D eigenvalue weighted by molar-refractivity contribution is 5.95. The second kappa shape index (κ2) is 4.74. The highest BCUT2D eigenvalue weighted by atomic mass is 16.3. The number of hydrogen-bond donors (Lipinski definition) is 3. The molecule has 2 aliphatic heterocycles. The number of nitrogens with one attached hydrogen (secondary N) is 1. The first-order valence-corrected chi connectivity index (χ1v) is 6.69. The number of hydrogen-bond acceptors (Lipinski definition) is 4. The Hall–Kier alpha value is -1.75. The molecule has 2 atom stereocenters. The van der Waals surface area contributed by atoms with E-state index in [4.69, 9.17) is 0 Å². The number of carbonyl (C=O) groups is 1. The third-order valence-electron chi connectivity index (χ3n) is 4.04. The van der Waals surface area contributed by atoms with Gasteiger partial charge in [0.05, 0.1) is 0 Å². The van der Waals surface area contributed by atoms with Gasteiger partial charge >= 0.3 is 0 Å². The maximum atomic E-state index is 12.4. The predicted octanol–water partition coefficient (Wildman–Crippen LogP) is 0.922. The predicted molar refractivity (Wildman–Crippen MR) is 70.2 cm³/mol. The van der Waals surface area contributed by atoms with Crippen LogP contribution in [0.4, 0.5) is 0 Å². The molecule has 102 valence electrons. The lowest BCUT2D eigenvalue weighted by molar-refractivity contribution is 0.0785. The van der Waals surface area contributed by atoms with Gasteiger partial charge in [-0.3, -0.25) is 4.79 Å². The van der Waals surface area contributed by atoms with E-state index in [-0.39, 0.29) is 17.4 Å². The van der Waals surface area contributed by atoms with Gasteiger partial charge in [0.2, 0.25) is 0 Å². The van der Waals surface area contributed by atoms with Gasteiger partial charge in [-0.2, -0.15) is 0 Å². The number of carbonyl (C=O) groups excluding carboxylic acids is 1. The van der Waals surface area contributed by atoms with Crippen LogP contribution < -0.4 is 5.32 Å². The van der Waals surface area contributed by atoms with Gasteiger partial charge in [-0.1, -0.05) is 0 Å². The van der Waals surface area contributed by atoms with Crippen molar-refractivity contribution in [1.82, 2.24) is 10.2 Å². The van der Waals surface area contributed by atoms with Crippen molar-refractivity contribution in [3.05, 3.63) is 23.8 Å². The zero-order valence-corrected chi connectivity index (χ0v) is 10.7. The topological polar surface area (TPSA) is 72.8 Å². The molecule has 3 N–H and O–H groups in total. The van der Waals surface area contributed by atoms with Crippen LogP contribution in [0.2, 0.25) is 0 Å². The Bertz CT molecular complexity index is 469. The number of likely N-dealkylation sites (tertiary alicyclic amines) is 1. The maximum Gasteiger partial charge on any atom is 0.254 e. The quantitative estimate of drug-likeness (QED) is 0.704. The SMILES string of the molecule is O=C(c1cc(O)cc(O)c1)N1C[C@@H]2CCCN[C@@H]2C1. The third-order valence-corrected chi connectivity index (χ3v) is 4.04. The minimum absolute atomic E-state index is 0.0851. The van der Waals surface area contributed by atoms with Crippen LogP contribution >= 0.6 is 0 Å². The van der Waals surface area contributed by atoms with Crippen LogP contribution in [-0.2, 0) is 0 Å². The molecule has 2 heterocycles. The molecule has 0 spiro atoms. The summed E-state index contributed by atoms with van der Waals surface area (Å²) < 4.78 is 0. The number of amides is 1. The molecule has 2 aliphatic rings. The van der Waals surface area contributed by atoms with Crippen LogP contribution in [0.3, 0.4) is 0 Å². The van der Waals surface area contributed by atoms with Crippen molar-refractivity contribution in [1.29, 1.82) is 0 Å². The summed E-state index contributed by atoms with van der Waals surface area (Å²) in [6, 6.07) is 4.42. The Kier molecular flexibility index (Phi) is 3.06. The van der Waals surface area contributed by atoms with Crippen molar-refractivity contribution in [2.24, 2.45) is 5.92 Å². The Balaban J connectivity index is 1.77. The van der Waals surface area contributed by atoms with Crippen molar-refractivity contribution in [3.8, 4) is 11.5 Å². The van der Waals surface area contributed by atoms with E-state index in [1.165, 1.54) is 18.2 Å². The van der Waals surface area contributed by atoms with E-state index in [1.807, 2.05) is 4.90 Å². The lowest BCUT2D eigenvalue weighted by Gasteiger charge is -2.24. The highest BCUT2D eigenvalue weighted by Gasteiger charge is 2.36. The standard InChI is InChI=1S/C14H18N2O3/c17-11-4-10(5-12(18)6-11)14(19)16-7-9-2-1-3-15-13(9)8-16/h4-6,9,13,15,17-18H,1-3,7-8H2/t9-,13+/m0/s1. The first-order chi connectivity index (χ1) is 9.13. The second-order valence-electron chi connectivity index (χ2n) is 5.41. The molecule has 0 saturated carbocycles. The summed E-state index contributed by atoms with van der Waals surface area (Å²) in [5.74, 6) is 0.238. The molecule has 0 radical (unpaired) electrons. The summed E-state index contributed by atoms with van der Waals surface area (Å²) in [5.41, 5.74) is 0.344. The van der Waals surface area contributed by atoms with Crippen LogP contribution in [-0.4, -0.2) is 46.7 Å². The number of phenols is 2. The number of phenolic OH excluding ortho intramolecular Hbond substituents is 2. The summed E-state index contributed by atoms with van der Waals surface area (Å²) in [5, 5.41) is 22.3. The third kappa shape index (κ3) is 2.38. The highest BCUT2D eigenvalue weighted by Crippen LogP contribution is 2.27. The minimum Gasteiger partial charge on any atom is -0.508 e. The van der Waals surface area contributed by atoms with Crippen LogP contribution in [0.15, 0.2) is 18.2 Å². The Morgan fingerprint density at radius 1 is 1.21 bits per heavy atom. The summed E-state index contributed by atoms with van der Waals surface area (Å²) in [4.78, 5) is 14.2. The van der Waals surface area contributed by atoms with Gasteiger partial charge in [0.1, 0.15) is 11.5 Å². The molecule has 1 aromatic rings. The lowest BCUT2D eigenvalue weighted by atomic mass is 9.94. The molecule has 0 unspecified atom stereocenters. The fourth-order valence-corrected chi connectivity index (χ4v) is 3.11. The molecule has 0 bridgehead atoms. The molecule has 3 rings (SSSR count). The molecule has 2 fully saturated rings. The van der Waals surface area contributed by atoms with Crippen molar-refractivity contribution in [2.75, 3.05) is 19.6 Å². The molecule has 19 heavy (non-hydrogen) atoms. The number of piperidine rings is 1. The van der Waals surface area contributed by atoms with Gasteiger partial charge in [0.15, 0.2) is 0 Å². The van der Waals surface area contributed by atoms with Gasteiger partial charge < -0.3 is 20.4 Å². The van der Waals surface area contributed by atoms with E-state index in [1.54, 1.807) is 0 Å². The second-order valence-corrected chi connectivity index (χ2v) is 5.41. The molecule has 5 heteroatoms. The maximum absolute atomic E-state index is 12.4. The number of fused-ring (bicyclic) bond motifs is 1. The summed E-state index contributed by atoms with van der Waals surface area (Å²) in [7, 11) is 0. The van der Waals surface area contributed by atoms with E-state index in [0.717, 1.165) is 25.9 Å². The van der Waals surface area contributed by atoms with Crippen molar-refractivity contribution >= 4 is 5.91 Å². The minimum atomic E-state index is -0.123. The van der Waals surface area contributed by atoms with Gasteiger partial charge in [0, 0.05) is 30.8 Å². The Morgan fingerprint density at radius 2 is 1.95 bits per heavy atom. The summed E-state index contributed by atoms with van der Waals surface area (Å²) in [6.45, 7) is 2.49. The average molecular weight is 262 g/mol. The van der Waals surface area contributed by atoms with Crippen LogP contribution in [0.25, 0.3) is 0 Å². The molecule has 5 nitrogen and oxygen atoms in total. The fourth-order valence-electron chi connectivity index (χ4n) is 3.11. The fraction of sp³-hybridized carbons (Fsp3) is 0.500. The number of rotatable bonds is 1. The molecular weight excluding hydrogens is 244 g/mol. The molecule has 0 aliphatic carbocycles. The van der Waals surface area contributed by atoms with Crippen molar-refractivity contribution in [2.45, 2.75) is 18.9 Å². The lowest BCUT2D eigenvalue weighted by Crippen LogP contribution is -2.41. The normalized spacial score (nSPS) is 26.2. The first-order valence-electron chi connectivity index (χ1n) is 6.69. The Morgan fingerprint density at radius 3 is 2.63 bits per heavy atom. The molecule has 2 saturated heterocycles. The summed E-state index contributed by atoms with van der Waals surface area (Å²) in [6.07, 6.45) is 2.32.